The van der Waals surface area contributed by atoms with Gasteiger partial charge in [-0.15, -0.1) is 0 Å². The molecule has 0 bridgehead atoms. The van der Waals surface area contributed by atoms with E-state index in [4.69, 9.17) is 0 Å². The summed E-state index contributed by atoms with van der Waals surface area (Å²) in [5.74, 6) is -0.780. The summed E-state index contributed by atoms with van der Waals surface area (Å²) >= 11 is 0. The van der Waals surface area contributed by atoms with Gasteiger partial charge < -0.3 is 16.0 Å². The number of piperidine rings is 1. The fourth-order valence-corrected chi connectivity index (χ4v) is 3.61. The lowest BCUT2D eigenvalue weighted by molar-refractivity contribution is -0.134. The molecule has 0 spiro atoms. The number of urea groups is 1. The van der Waals surface area contributed by atoms with Gasteiger partial charge in [0.15, 0.2) is 0 Å². The van der Waals surface area contributed by atoms with E-state index in [-0.39, 0.29) is 12.5 Å². The highest BCUT2D eigenvalue weighted by Gasteiger charge is 2.49. The summed E-state index contributed by atoms with van der Waals surface area (Å²) in [5, 5.41) is 8.72. The highest BCUT2D eigenvalue weighted by Crippen LogP contribution is 2.28. The number of carbonyl (C=O) groups excluding carboxylic acids is 3. The Kier molecular flexibility index (Phi) is 5.74. The second kappa shape index (κ2) is 8.04. The van der Waals surface area contributed by atoms with E-state index < -0.39 is 23.3 Å². The van der Waals surface area contributed by atoms with Crippen LogP contribution in [-0.2, 0) is 15.1 Å². The number of imide groups is 1. The molecule has 2 unspecified atom stereocenters. The van der Waals surface area contributed by atoms with Crippen molar-refractivity contribution in [1.82, 2.24) is 20.9 Å². The van der Waals surface area contributed by atoms with Crippen molar-refractivity contribution in [3.05, 3.63) is 35.6 Å². The zero-order chi connectivity index (χ0) is 19.4. The maximum absolute atomic E-state index is 13.1. The van der Waals surface area contributed by atoms with Crippen molar-refractivity contribution in [2.24, 2.45) is 5.92 Å². The van der Waals surface area contributed by atoms with Gasteiger partial charge in [0.1, 0.15) is 17.9 Å². The average molecular weight is 376 g/mol. The highest BCUT2D eigenvalue weighted by molar-refractivity contribution is 6.09. The second-order valence-electron chi connectivity index (χ2n) is 7.30. The molecule has 3 rings (SSSR count). The predicted molar refractivity (Wildman–Crippen MR) is 97.2 cm³/mol. The summed E-state index contributed by atoms with van der Waals surface area (Å²) in [6.07, 6.45) is 3.15. The first-order valence-electron chi connectivity index (χ1n) is 9.28. The molecular formula is C19H25FN4O3. The van der Waals surface area contributed by atoms with Gasteiger partial charge in [0.05, 0.1) is 0 Å². The zero-order valence-corrected chi connectivity index (χ0v) is 15.4. The van der Waals surface area contributed by atoms with Gasteiger partial charge in [0, 0.05) is 6.54 Å². The third-order valence-electron chi connectivity index (χ3n) is 5.27. The number of amides is 4. The molecule has 8 heteroatoms. The van der Waals surface area contributed by atoms with Crippen LogP contribution in [0.4, 0.5) is 9.18 Å². The molecule has 2 aliphatic heterocycles. The molecule has 7 nitrogen and oxygen atoms in total. The van der Waals surface area contributed by atoms with Crippen molar-refractivity contribution in [1.29, 1.82) is 0 Å². The standard InChI is InChI=1S/C19H25FN4O3/c1-19(14-4-6-15(20)7-5-14)17(26)24(18(27)23-19)12-16(25)22-10-8-13-3-2-9-21-11-13/h4-7,13,21H,2-3,8-12H2,1H3,(H,22,25)(H,23,27). The molecule has 1 aromatic carbocycles. The smallest absolute Gasteiger partial charge is 0.325 e. The molecule has 0 radical (unpaired) electrons. The zero-order valence-electron chi connectivity index (χ0n) is 15.4. The molecule has 2 atom stereocenters. The van der Waals surface area contributed by atoms with Gasteiger partial charge in [-0.05, 0) is 62.9 Å². The van der Waals surface area contributed by atoms with Crippen molar-refractivity contribution < 1.29 is 18.8 Å². The summed E-state index contributed by atoms with van der Waals surface area (Å²) in [4.78, 5) is 38.0. The summed E-state index contributed by atoms with van der Waals surface area (Å²) in [6.45, 7) is 3.74. The first-order chi connectivity index (χ1) is 12.9. The molecule has 0 aromatic heterocycles. The Labute approximate surface area is 157 Å². The highest BCUT2D eigenvalue weighted by atomic mass is 19.1. The monoisotopic (exact) mass is 376 g/mol. The molecule has 4 amide bonds. The summed E-state index contributed by atoms with van der Waals surface area (Å²) in [5.41, 5.74) is -0.839. The van der Waals surface area contributed by atoms with Gasteiger partial charge in [-0.25, -0.2) is 9.18 Å². The number of hydrogen-bond donors (Lipinski definition) is 3. The number of carbonyl (C=O) groups is 3. The Morgan fingerprint density at radius 3 is 2.74 bits per heavy atom. The summed E-state index contributed by atoms with van der Waals surface area (Å²) < 4.78 is 13.1. The Hall–Kier alpha value is -2.48. The first-order valence-corrected chi connectivity index (χ1v) is 9.28. The van der Waals surface area contributed by atoms with Crippen LogP contribution < -0.4 is 16.0 Å². The lowest BCUT2D eigenvalue weighted by Crippen LogP contribution is -2.43. The number of rotatable bonds is 6. The molecule has 27 heavy (non-hydrogen) atoms. The summed E-state index contributed by atoms with van der Waals surface area (Å²) in [7, 11) is 0. The van der Waals surface area contributed by atoms with Crippen LogP contribution in [0.25, 0.3) is 0 Å². The lowest BCUT2D eigenvalue weighted by atomic mass is 9.92. The molecule has 0 aliphatic carbocycles. The molecule has 2 saturated heterocycles. The number of halogens is 1. The largest absolute Gasteiger partial charge is 0.355 e. The van der Waals surface area contributed by atoms with Crippen molar-refractivity contribution in [2.75, 3.05) is 26.2 Å². The van der Waals surface area contributed by atoms with Crippen molar-refractivity contribution in [3.63, 3.8) is 0 Å². The van der Waals surface area contributed by atoms with Crippen LogP contribution in [0, 0.1) is 11.7 Å². The molecule has 2 aliphatic rings. The van der Waals surface area contributed by atoms with Crippen LogP contribution in [0.15, 0.2) is 24.3 Å². The minimum absolute atomic E-state index is 0.329. The average Bonchev–Trinajstić information content (AvgIpc) is 2.87. The van der Waals surface area contributed by atoms with Crippen LogP contribution in [0.3, 0.4) is 0 Å². The fourth-order valence-electron chi connectivity index (χ4n) is 3.61. The predicted octanol–water partition coefficient (Wildman–Crippen LogP) is 1.10. The number of nitrogens with one attached hydrogen (secondary N) is 3. The van der Waals surface area contributed by atoms with E-state index in [0.29, 0.717) is 18.0 Å². The van der Waals surface area contributed by atoms with E-state index >= 15 is 0 Å². The molecule has 2 fully saturated rings. The van der Waals surface area contributed by atoms with E-state index in [1.54, 1.807) is 6.92 Å². The van der Waals surface area contributed by atoms with Crippen molar-refractivity contribution in [3.8, 4) is 0 Å². The van der Waals surface area contributed by atoms with Gasteiger partial charge in [-0.1, -0.05) is 12.1 Å². The van der Waals surface area contributed by atoms with Crippen LogP contribution in [0.2, 0.25) is 0 Å². The molecule has 1 aromatic rings. The van der Waals surface area contributed by atoms with Gasteiger partial charge in [0.25, 0.3) is 5.91 Å². The third kappa shape index (κ3) is 4.27. The van der Waals surface area contributed by atoms with Crippen LogP contribution in [-0.4, -0.2) is 48.9 Å². The topological polar surface area (TPSA) is 90.5 Å². The Morgan fingerprint density at radius 1 is 1.33 bits per heavy atom. The molecule has 146 valence electrons. The normalized spacial score (nSPS) is 25.4. The second-order valence-corrected chi connectivity index (χ2v) is 7.30. The molecule has 2 heterocycles. The summed E-state index contributed by atoms with van der Waals surface area (Å²) in [6, 6.07) is 4.74. The molecular weight excluding hydrogens is 351 g/mol. The van der Waals surface area contributed by atoms with Crippen molar-refractivity contribution >= 4 is 17.8 Å². The van der Waals surface area contributed by atoms with Gasteiger partial charge in [-0.3, -0.25) is 14.5 Å². The van der Waals surface area contributed by atoms with E-state index in [1.807, 2.05) is 0 Å². The Morgan fingerprint density at radius 2 is 2.07 bits per heavy atom. The lowest BCUT2D eigenvalue weighted by Gasteiger charge is -2.23. The van der Waals surface area contributed by atoms with E-state index in [9.17, 15) is 18.8 Å². The maximum Gasteiger partial charge on any atom is 0.325 e. The Bertz CT molecular complexity index is 718. The Balaban J connectivity index is 1.55. The number of benzene rings is 1. The minimum Gasteiger partial charge on any atom is -0.355 e. The van der Waals surface area contributed by atoms with Crippen LogP contribution in [0.1, 0.15) is 31.7 Å². The molecule has 0 saturated carbocycles. The van der Waals surface area contributed by atoms with Crippen LogP contribution >= 0.6 is 0 Å². The maximum atomic E-state index is 13.1. The SMILES string of the molecule is CC1(c2ccc(F)cc2)NC(=O)N(CC(=O)NCCC2CCCNC2)C1=O. The van der Waals surface area contributed by atoms with E-state index in [2.05, 4.69) is 16.0 Å². The van der Waals surface area contributed by atoms with Crippen LogP contribution in [0.5, 0.6) is 0 Å². The minimum atomic E-state index is -1.31. The fraction of sp³-hybridized carbons (Fsp3) is 0.526. The number of nitrogens with zero attached hydrogens (tertiary/aromatic N) is 1. The van der Waals surface area contributed by atoms with Gasteiger partial charge >= 0.3 is 6.03 Å². The van der Waals surface area contributed by atoms with E-state index in [0.717, 1.165) is 37.3 Å². The third-order valence-corrected chi connectivity index (χ3v) is 5.27. The van der Waals surface area contributed by atoms with Crippen molar-refractivity contribution in [2.45, 2.75) is 31.7 Å². The quantitative estimate of drug-likeness (QED) is 0.649. The first kappa shape index (κ1) is 19.3. The van der Waals surface area contributed by atoms with E-state index in [1.165, 1.54) is 24.3 Å². The molecule has 3 N–H and O–H groups in total. The number of hydrogen-bond acceptors (Lipinski definition) is 4. The van der Waals surface area contributed by atoms with Gasteiger partial charge in [0.2, 0.25) is 5.91 Å². The van der Waals surface area contributed by atoms with Gasteiger partial charge in [-0.2, -0.15) is 0 Å².